The van der Waals surface area contributed by atoms with Crippen LogP contribution in [0.1, 0.15) is 31.2 Å². The standard InChI is InChI=1S/C14H19NO4/c16-12-7-5-11(6-8-12)9-10-15-13(17)3-1-2-4-14(18)19/h5-8,16H,1-4,9-10H2,(H,15,17)(H,18,19). The van der Waals surface area contributed by atoms with Gasteiger partial charge in [0.15, 0.2) is 0 Å². The highest BCUT2D eigenvalue weighted by Crippen LogP contribution is 2.09. The Hall–Kier alpha value is -2.04. The Labute approximate surface area is 112 Å². The van der Waals surface area contributed by atoms with Crippen LogP contribution >= 0.6 is 0 Å². The molecule has 1 aromatic rings. The smallest absolute Gasteiger partial charge is 0.303 e. The molecule has 1 aromatic carbocycles. The number of carbonyl (C=O) groups excluding carboxylic acids is 1. The number of unbranched alkanes of at least 4 members (excludes halogenated alkanes) is 1. The van der Waals surface area contributed by atoms with Gasteiger partial charge < -0.3 is 15.5 Å². The average molecular weight is 265 g/mol. The second kappa shape index (κ2) is 8.13. The molecular weight excluding hydrogens is 246 g/mol. The molecule has 104 valence electrons. The first-order valence-electron chi connectivity index (χ1n) is 6.34. The lowest BCUT2D eigenvalue weighted by atomic mass is 10.1. The summed E-state index contributed by atoms with van der Waals surface area (Å²) in [7, 11) is 0. The zero-order valence-corrected chi connectivity index (χ0v) is 10.8. The van der Waals surface area contributed by atoms with Crippen LogP contribution in [0.5, 0.6) is 5.75 Å². The largest absolute Gasteiger partial charge is 0.508 e. The van der Waals surface area contributed by atoms with Crippen molar-refractivity contribution in [3.05, 3.63) is 29.8 Å². The van der Waals surface area contributed by atoms with Gasteiger partial charge in [-0.05, 0) is 37.0 Å². The zero-order chi connectivity index (χ0) is 14.1. The van der Waals surface area contributed by atoms with Crippen LogP contribution in [0.3, 0.4) is 0 Å². The summed E-state index contributed by atoms with van der Waals surface area (Å²) in [5.41, 5.74) is 1.05. The summed E-state index contributed by atoms with van der Waals surface area (Å²) in [4.78, 5) is 21.7. The van der Waals surface area contributed by atoms with Gasteiger partial charge in [-0.25, -0.2) is 0 Å². The highest BCUT2D eigenvalue weighted by Gasteiger charge is 2.02. The molecule has 0 heterocycles. The summed E-state index contributed by atoms with van der Waals surface area (Å²) in [6.45, 7) is 0.544. The molecule has 0 bridgehead atoms. The van der Waals surface area contributed by atoms with Crippen molar-refractivity contribution in [2.75, 3.05) is 6.54 Å². The number of phenolic OH excluding ortho intramolecular Hbond substituents is 1. The Bertz CT molecular complexity index is 414. The van der Waals surface area contributed by atoms with E-state index in [9.17, 15) is 9.59 Å². The minimum Gasteiger partial charge on any atom is -0.508 e. The van der Waals surface area contributed by atoms with E-state index < -0.39 is 5.97 Å². The quantitative estimate of drug-likeness (QED) is 0.624. The molecule has 0 aromatic heterocycles. The third-order valence-electron chi connectivity index (χ3n) is 2.72. The third kappa shape index (κ3) is 7.08. The van der Waals surface area contributed by atoms with E-state index in [1.165, 1.54) is 0 Å². The normalized spacial score (nSPS) is 10.1. The molecule has 5 heteroatoms. The fourth-order valence-corrected chi connectivity index (χ4v) is 1.66. The molecule has 0 aliphatic heterocycles. The summed E-state index contributed by atoms with van der Waals surface area (Å²) in [6, 6.07) is 6.86. The van der Waals surface area contributed by atoms with Gasteiger partial charge in [0.1, 0.15) is 5.75 Å². The number of carboxylic acids is 1. The number of aliphatic carboxylic acids is 1. The number of hydrogen-bond acceptors (Lipinski definition) is 3. The molecule has 3 N–H and O–H groups in total. The molecule has 1 rings (SSSR count). The number of amides is 1. The van der Waals surface area contributed by atoms with Crippen LogP contribution in [-0.4, -0.2) is 28.6 Å². The van der Waals surface area contributed by atoms with Gasteiger partial charge in [0.2, 0.25) is 5.91 Å². The number of benzene rings is 1. The number of aromatic hydroxyl groups is 1. The minimum atomic E-state index is -0.826. The van der Waals surface area contributed by atoms with Crippen LogP contribution < -0.4 is 5.32 Å². The first kappa shape index (κ1) is 15.0. The van der Waals surface area contributed by atoms with Crippen LogP contribution in [-0.2, 0) is 16.0 Å². The van der Waals surface area contributed by atoms with Gasteiger partial charge in [-0.15, -0.1) is 0 Å². The van der Waals surface area contributed by atoms with Crippen molar-refractivity contribution in [1.29, 1.82) is 0 Å². The fourth-order valence-electron chi connectivity index (χ4n) is 1.66. The predicted octanol–water partition coefficient (Wildman–Crippen LogP) is 1.70. The summed E-state index contributed by atoms with van der Waals surface area (Å²) >= 11 is 0. The van der Waals surface area contributed by atoms with Crippen LogP contribution in [0, 0.1) is 0 Å². The number of rotatable bonds is 8. The van der Waals surface area contributed by atoms with Crippen molar-refractivity contribution in [2.24, 2.45) is 0 Å². The van der Waals surface area contributed by atoms with Gasteiger partial charge in [0.05, 0.1) is 0 Å². The van der Waals surface area contributed by atoms with Gasteiger partial charge in [-0.2, -0.15) is 0 Å². The molecule has 0 aliphatic rings. The van der Waals surface area contributed by atoms with Crippen LogP contribution in [0.15, 0.2) is 24.3 Å². The Balaban J connectivity index is 2.10. The van der Waals surface area contributed by atoms with Crippen molar-refractivity contribution in [3.8, 4) is 5.75 Å². The van der Waals surface area contributed by atoms with E-state index in [4.69, 9.17) is 10.2 Å². The number of carbonyl (C=O) groups is 2. The molecule has 0 saturated heterocycles. The van der Waals surface area contributed by atoms with Crippen LogP contribution in [0.25, 0.3) is 0 Å². The number of hydrogen-bond donors (Lipinski definition) is 3. The maximum atomic E-state index is 11.4. The Kier molecular flexibility index (Phi) is 6.43. The topological polar surface area (TPSA) is 86.6 Å². The monoisotopic (exact) mass is 265 g/mol. The maximum absolute atomic E-state index is 11.4. The number of nitrogens with one attached hydrogen (secondary N) is 1. The summed E-state index contributed by atoms with van der Waals surface area (Å²) in [5, 5.41) is 20.4. The summed E-state index contributed by atoms with van der Waals surface area (Å²) in [6.07, 6.45) is 2.31. The van der Waals surface area contributed by atoms with Crippen molar-refractivity contribution in [1.82, 2.24) is 5.32 Å². The first-order chi connectivity index (χ1) is 9.08. The first-order valence-corrected chi connectivity index (χ1v) is 6.34. The molecule has 0 radical (unpaired) electrons. The Morgan fingerprint density at radius 1 is 1.05 bits per heavy atom. The SMILES string of the molecule is O=C(O)CCCCC(=O)NCCc1ccc(O)cc1. The molecule has 0 fully saturated rings. The van der Waals surface area contributed by atoms with Gasteiger partial charge in [-0.3, -0.25) is 9.59 Å². The number of carboxylic acid groups (broad SMARTS) is 1. The number of phenols is 1. The molecule has 0 saturated carbocycles. The second-order valence-corrected chi connectivity index (χ2v) is 4.37. The Morgan fingerprint density at radius 2 is 1.68 bits per heavy atom. The lowest BCUT2D eigenvalue weighted by Crippen LogP contribution is -2.25. The van der Waals surface area contributed by atoms with E-state index in [1.54, 1.807) is 12.1 Å². The van der Waals surface area contributed by atoms with Gasteiger partial charge in [0, 0.05) is 19.4 Å². The molecule has 5 nitrogen and oxygen atoms in total. The van der Waals surface area contributed by atoms with E-state index >= 15 is 0 Å². The highest BCUT2D eigenvalue weighted by atomic mass is 16.4. The lowest BCUT2D eigenvalue weighted by molar-refractivity contribution is -0.137. The van der Waals surface area contributed by atoms with Gasteiger partial charge in [-0.1, -0.05) is 12.1 Å². The van der Waals surface area contributed by atoms with Gasteiger partial charge in [0.25, 0.3) is 0 Å². The summed E-state index contributed by atoms with van der Waals surface area (Å²) in [5.74, 6) is -0.650. The van der Waals surface area contributed by atoms with Crippen molar-refractivity contribution in [3.63, 3.8) is 0 Å². The molecule has 0 aliphatic carbocycles. The van der Waals surface area contributed by atoms with Crippen LogP contribution in [0.4, 0.5) is 0 Å². The molecule has 1 amide bonds. The molecule has 0 atom stereocenters. The van der Waals surface area contributed by atoms with Crippen molar-refractivity contribution >= 4 is 11.9 Å². The van der Waals surface area contributed by atoms with E-state index in [0.717, 1.165) is 5.56 Å². The van der Waals surface area contributed by atoms with E-state index in [-0.39, 0.29) is 18.1 Å². The Morgan fingerprint density at radius 3 is 2.32 bits per heavy atom. The zero-order valence-electron chi connectivity index (χ0n) is 10.8. The minimum absolute atomic E-state index is 0.0517. The fraction of sp³-hybridized carbons (Fsp3) is 0.429. The van der Waals surface area contributed by atoms with E-state index in [0.29, 0.717) is 32.2 Å². The van der Waals surface area contributed by atoms with Crippen molar-refractivity contribution < 1.29 is 19.8 Å². The van der Waals surface area contributed by atoms with Gasteiger partial charge >= 0.3 is 5.97 Å². The maximum Gasteiger partial charge on any atom is 0.303 e. The average Bonchev–Trinajstić information content (AvgIpc) is 2.37. The molecule has 0 unspecified atom stereocenters. The van der Waals surface area contributed by atoms with E-state index in [1.807, 2.05) is 12.1 Å². The lowest BCUT2D eigenvalue weighted by Gasteiger charge is -2.05. The molecular formula is C14H19NO4. The highest BCUT2D eigenvalue weighted by molar-refractivity contribution is 5.75. The summed E-state index contributed by atoms with van der Waals surface area (Å²) < 4.78 is 0. The molecule has 19 heavy (non-hydrogen) atoms. The molecule has 0 spiro atoms. The van der Waals surface area contributed by atoms with Crippen LogP contribution in [0.2, 0.25) is 0 Å². The van der Waals surface area contributed by atoms with Crippen molar-refractivity contribution in [2.45, 2.75) is 32.1 Å². The second-order valence-electron chi connectivity index (χ2n) is 4.37. The predicted molar refractivity (Wildman–Crippen MR) is 70.9 cm³/mol. The van der Waals surface area contributed by atoms with E-state index in [2.05, 4.69) is 5.32 Å². The third-order valence-corrected chi connectivity index (χ3v) is 2.72.